The molecule has 3 nitrogen and oxygen atoms in total. The molecule has 1 N–H and O–H groups in total. The van der Waals surface area contributed by atoms with Gasteiger partial charge in [0.05, 0.1) is 5.60 Å². The summed E-state index contributed by atoms with van der Waals surface area (Å²) in [5, 5.41) is 3.54. The molecule has 1 aliphatic heterocycles. The van der Waals surface area contributed by atoms with Crippen molar-refractivity contribution >= 4 is 0 Å². The Morgan fingerprint density at radius 1 is 1.35 bits per heavy atom. The summed E-state index contributed by atoms with van der Waals surface area (Å²) in [6.45, 7) is 5.11. The molecule has 1 saturated heterocycles. The zero-order chi connectivity index (χ0) is 14.2. The number of nitrogens with one attached hydrogen (secondary N) is 1. The summed E-state index contributed by atoms with van der Waals surface area (Å²) >= 11 is 0. The Hall–Kier alpha value is -0.930. The van der Waals surface area contributed by atoms with Crippen LogP contribution < -0.4 is 5.32 Å². The van der Waals surface area contributed by atoms with Crippen LogP contribution in [0, 0.1) is 19.8 Å². The number of aryl methyl sites for hydroxylation is 2. The van der Waals surface area contributed by atoms with Crippen LogP contribution in [0.4, 0.5) is 0 Å². The van der Waals surface area contributed by atoms with E-state index < -0.39 is 0 Å². The number of ether oxygens (including phenoxy) is 1. The van der Waals surface area contributed by atoms with Crippen molar-refractivity contribution in [2.75, 3.05) is 13.7 Å². The maximum atomic E-state index is 6.07. The molecular weight excluding hydrogens is 248 g/mol. The molecule has 1 spiro atoms. The summed E-state index contributed by atoms with van der Waals surface area (Å²) in [7, 11) is 2.08. The fraction of sp³-hybridized carbons (Fsp3) is 0.706. The molecular formula is C17H26N2O. The lowest BCUT2D eigenvalue weighted by molar-refractivity contribution is -0.147. The first kappa shape index (κ1) is 14.0. The van der Waals surface area contributed by atoms with Gasteiger partial charge in [0.25, 0.3) is 0 Å². The molecule has 0 amide bonds. The zero-order valence-corrected chi connectivity index (χ0v) is 12.9. The average molecular weight is 274 g/mol. The van der Waals surface area contributed by atoms with Gasteiger partial charge in [-0.25, -0.2) is 0 Å². The molecule has 2 heterocycles. The predicted molar refractivity (Wildman–Crippen MR) is 80.8 cm³/mol. The summed E-state index contributed by atoms with van der Waals surface area (Å²) in [5.74, 6) is 0.664. The number of nitrogens with zero attached hydrogens (tertiary/aromatic N) is 1. The highest BCUT2D eigenvalue weighted by Gasteiger charge is 2.44. The lowest BCUT2D eigenvalue weighted by Crippen LogP contribution is -2.47. The second-order valence-electron chi connectivity index (χ2n) is 6.53. The van der Waals surface area contributed by atoms with Crippen molar-refractivity contribution in [2.24, 2.45) is 5.92 Å². The summed E-state index contributed by atoms with van der Waals surface area (Å²) in [4.78, 5) is 4.64. The Morgan fingerprint density at radius 2 is 2.15 bits per heavy atom. The Balaban J connectivity index is 1.81. The van der Waals surface area contributed by atoms with Crippen LogP contribution >= 0.6 is 0 Å². The van der Waals surface area contributed by atoms with E-state index in [0.717, 1.165) is 18.7 Å². The highest BCUT2D eigenvalue weighted by Crippen LogP contribution is 2.47. The Labute approximate surface area is 122 Å². The van der Waals surface area contributed by atoms with Crippen molar-refractivity contribution in [1.82, 2.24) is 10.3 Å². The van der Waals surface area contributed by atoms with E-state index in [1.165, 1.54) is 36.9 Å². The van der Waals surface area contributed by atoms with Crippen LogP contribution in [0.5, 0.6) is 0 Å². The molecule has 1 aliphatic carbocycles. The van der Waals surface area contributed by atoms with E-state index in [1.54, 1.807) is 0 Å². The van der Waals surface area contributed by atoms with Gasteiger partial charge in [-0.3, -0.25) is 4.98 Å². The van der Waals surface area contributed by atoms with Gasteiger partial charge in [-0.15, -0.1) is 0 Å². The first-order valence-corrected chi connectivity index (χ1v) is 7.89. The van der Waals surface area contributed by atoms with Crippen LogP contribution in [-0.2, 0) is 4.74 Å². The van der Waals surface area contributed by atoms with Crippen LogP contribution in [0.1, 0.15) is 55.1 Å². The number of pyridine rings is 1. The minimum atomic E-state index is 0.212. The minimum absolute atomic E-state index is 0.212. The third-order valence-electron chi connectivity index (χ3n) is 5.18. The maximum Gasteiger partial charge on any atom is 0.0686 e. The van der Waals surface area contributed by atoms with Crippen molar-refractivity contribution in [2.45, 2.75) is 57.6 Å². The molecule has 1 aromatic rings. The first-order valence-electron chi connectivity index (χ1n) is 7.89. The second kappa shape index (κ2) is 5.45. The number of aromatic nitrogens is 1. The number of hydrogen-bond donors (Lipinski definition) is 1. The molecule has 0 aromatic carbocycles. The van der Waals surface area contributed by atoms with Crippen LogP contribution in [0.25, 0.3) is 0 Å². The van der Waals surface area contributed by atoms with E-state index in [4.69, 9.17) is 4.74 Å². The molecule has 2 unspecified atom stereocenters. The van der Waals surface area contributed by atoms with Crippen molar-refractivity contribution in [3.63, 3.8) is 0 Å². The smallest absolute Gasteiger partial charge is 0.0686 e. The Kier molecular flexibility index (Phi) is 3.83. The first-order chi connectivity index (χ1) is 9.63. The monoisotopic (exact) mass is 274 g/mol. The number of rotatable bonds is 3. The van der Waals surface area contributed by atoms with Gasteiger partial charge in [-0.05, 0) is 70.5 Å². The summed E-state index contributed by atoms with van der Waals surface area (Å²) < 4.78 is 6.07. The van der Waals surface area contributed by atoms with Gasteiger partial charge >= 0.3 is 0 Å². The molecule has 0 radical (unpaired) electrons. The Bertz CT molecular complexity index is 482. The van der Waals surface area contributed by atoms with Gasteiger partial charge in [0.15, 0.2) is 0 Å². The van der Waals surface area contributed by atoms with E-state index >= 15 is 0 Å². The van der Waals surface area contributed by atoms with Crippen molar-refractivity contribution in [1.29, 1.82) is 0 Å². The van der Waals surface area contributed by atoms with Gasteiger partial charge in [0.1, 0.15) is 0 Å². The van der Waals surface area contributed by atoms with Gasteiger partial charge in [-0.1, -0.05) is 6.07 Å². The van der Waals surface area contributed by atoms with E-state index in [2.05, 4.69) is 43.3 Å². The van der Waals surface area contributed by atoms with E-state index in [1.807, 2.05) is 0 Å². The molecule has 1 aromatic heterocycles. The molecule has 3 heteroatoms. The SMILES string of the molecule is CNC(c1ccc(C)nc1C)C1CCOC2(CCC2)C1. The molecule has 3 rings (SSSR count). The maximum absolute atomic E-state index is 6.07. The standard InChI is InChI=1S/C17H26N2O/c1-12-5-6-15(13(2)19-12)16(18-3)14-7-10-20-17(11-14)8-4-9-17/h5-6,14,16,18H,4,7-11H2,1-3H3. The van der Waals surface area contributed by atoms with Crippen LogP contribution in [0.2, 0.25) is 0 Å². The van der Waals surface area contributed by atoms with Gasteiger partial charge < -0.3 is 10.1 Å². The van der Waals surface area contributed by atoms with Gasteiger partial charge in [0, 0.05) is 24.0 Å². The fourth-order valence-corrected chi connectivity index (χ4v) is 3.94. The third-order valence-corrected chi connectivity index (χ3v) is 5.18. The largest absolute Gasteiger partial charge is 0.375 e. The van der Waals surface area contributed by atoms with Gasteiger partial charge in [0.2, 0.25) is 0 Å². The minimum Gasteiger partial charge on any atom is -0.375 e. The van der Waals surface area contributed by atoms with Crippen LogP contribution in [-0.4, -0.2) is 24.2 Å². The summed E-state index contributed by atoms with van der Waals surface area (Å²) in [6, 6.07) is 4.79. The highest BCUT2D eigenvalue weighted by atomic mass is 16.5. The summed E-state index contributed by atoms with van der Waals surface area (Å²) in [5.41, 5.74) is 3.84. The highest BCUT2D eigenvalue weighted by molar-refractivity contribution is 5.26. The van der Waals surface area contributed by atoms with Crippen molar-refractivity contribution in [3.05, 3.63) is 29.1 Å². The van der Waals surface area contributed by atoms with Crippen molar-refractivity contribution in [3.8, 4) is 0 Å². The topological polar surface area (TPSA) is 34.2 Å². The second-order valence-corrected chi connectivity index (χ2v) is 6.53. The van der Waals surface area contributed by atoms with Crippen molar-refractivity contribution < 1.29 is 4.74 Å². The van der Waals surface area contributed by atoms with Crippen LogP contribution in [0.15, 0.2) is 12.1 Å². The van der Waals surface area contributed by atoms with E-state index in [0.29, 0.717) is 12.0 Å². The molecule has 2 atom stereocenters. The molecule has 110 valence electrons. The van der Waals surface area contributed by atoms with Crippen LogP contribution in [0.3, 0.4) is 0 Å². The summed E-state index contributed by atoms with van der Waals surface area (Å²) in [6.07, 6.45) is 6.20. The van der Waals surface area contributed by atoms with E-state index in [9.17, 15) is 0 Å². The number of hydrogen-bond acceptors (Lipinski definition) is 3. The average Bonchev–Trinajstić information content (AvgIpc) is 2.40. The van der Waals surface area contributed by atoms with E-state index in [-0.39, 0.29) is 5.60 Å². The lowest BCUT2D eigenvalue weighted by Gasteiger charge is -2.49. The third kappa shape index (κ3) is 2.49. The predicted octanol–water partition coefficient (Wildman–Crippen LogP) is 3.31. The molecule has 2 fully saturated rings. The van der Waals surface area contributed by atoms with Gasteiger partial charge in [-0.2, -0.15) is 0 Å². The molecule has 0 bridgehead atoms. The molecule has 20 heavy (non-hydrogen) atoms. The fourth-order valence-electron chi connectivity index (χ4n) is 3.94. The lowest BCUT2D eigenvalue weighted by atomic mass is 9.69. The zero-order valence-electron chi connectivity index (χ0n) is 12.9. The Morgan fingerprint density at radius 3 is 2.75 bits per heavy atom. The molecule has 2 aliphatic rings. The molecule has 1 saturated carbocycles. The normalized spacial score (nSPS) is 26.2. The quantitative estimate of drug-likeness (QED) is 0.918.